The van der Waals surface area contributed by atoms with Crippen molar-refractivity contribution in [1.82, 2.24) is 10.2 Å². The lowest BCUT2D eigenvalue weighted by molar-refractivity contribution is -0.161. The number of rotatable bonds is 8. The summed E-state index contributed by atoms with van der Waals surface area (Å²) in [5.74, 6) is -1.33. The van der Waals surface area contributed by atoms with E-state index >= 15 is 0 Å². The van der Waals surface area contributed by atoms with Gasteiger partial charge in [0.25, 0.3) is 0 Å². The molecule has 1 aliphatic heterocycles. The van der Waals surface area contributed by atoms with Crippen LogP contribution in [-0.2, 0) is 19.1 Å². The summed E-state index contributed by atoms with van der Waals surface area (Å²) >= 11 is 0. The fourth-order valence-corrected chi connectivity index (χ4v) is 5.03. The Balaban J connectivity index is 1.37. The van der Waals surface area contributed by atoms with Crippen molar-refractivity contribution >= 4 is 18.0 Å². The molecule has 0 saturated carbocycles. The molecule has 0 spiro atoms. The Bertz CT molecular complexity index is 1090. The third-order valence-electron chi connectivity index (χ3n) is 7.56. The first-order chi connectivity index (χ1) is 16.7. The highest BCUT2D eigenvalue weighted by Gasteiger charge is 2.49. The molecule has 8 nitrogen and oxygen atoms in total. The number of carbonyl (C=O) groups excluding carboxylic acids is 2. The first-order valence-electron chi connectivity index (χ1n) is 11.9. The van der Waals surface area contributed by atoms with Crippen LogP contribution in [0, 0.1) is 5.41 Å². The zero-order valence-corrected chi connectivity index (χ0v) is 20.4. The molecule has 1 aliphatic carbocycles. The normalized spacial score (nSPS) is 20.6. The maximum atomic E-state index is 13.3. The third kappa shape index (κ3) is 4.50. The topological polar surface area (TPSA) is 105 Å². The van der Waals surface area contributed by atoms with Crippen molar-refractivity contribution in [3.8, 4) is 11.1 Å². The van der Waals surface area contributed by atoms with E-state index in [0.717, 1.165) is 22.3 Å². The number of methoxy groups -OCH3 is 1. The first-order valence-corrected chi connectivity index (χ1v) is 11.9. The number of amides is 2. The second-order valence-electron chi connectivity index (χ2n) is 9.57. The van der Waals surface area contributed by atoms with Crippen molar-refractivity contribution < 1.29 is 29.0 Å². The largest absolute Gasteiger partial charge is 0.479 e. The molecule has 1 saturated heterocycles. The fourth-order valence-electron chi connectivity index (χ4n) is 5.03. The van der Waals surface area contributed by atoms with E-state index in [0.29, 0.717) is 13.0 Å². The minimum absolute atomic E-state index is 0.0157. The summed E-state index contributed by atoms with van der Waals surface area (Å²) in [7, 11) is 1.35. The number of aliphatic carboxylic acids is 1. The number of hydrogen-bond acceptors (Lipinski definition) is 5. The van der Waals surface area contributed by atoms with Crippen molar-refractivity contribution in [1.29, 1.82) is 0 Å². The van der Waals surface area contributed by atoms with E-state index < -0.39 is 23.1 Å². The van der Waals surface area contributed by atoms with Gasteiger partial charge in [0.1, 0.15) is 6.61 Å². The number of nitrogens with one attached hydrogen (secondary N) is 1. The molecule has 2 aromatic carbocycles. The zero-order chi connectivity index (χ0) is 25.2. The molecule has 1 heterocycles. The van der Waals surface area contributed by atoms with E-state index in [4.69, 9.17) is 9.47 Å². The number of ether oxygens (including phenoxy) is 2. The lowest BCUT2D eigenvalue weighted by Crippen LogP contribution is -2.50. The molecule has 1 fully saturated rings. The number of hydrogen-bond donors (Lipinski definition) is 2. The van der Waals surface area contributed by atoms with Gasteiger partial charge in [0.2, 0.25) is 5.91 Å². The fraction of sp³-hybridized carbons (Fsp3) is 0.444. The lowest BCUT2D eigenvalue weighted by atomic mass is 9.85. The predicted molar refractivity (Wildman–Crippen MR) is 130 cm³/mol. The van der Waals surface area contributed by atoms with Crippen LogP contribution in [0.2, 0.25) is 0 Å². The van der Waals surface area contributed by atoms with E-state index in [9.17, 15) is 19.5 Å². The predicted octanol–water partition coefficient (Wildman–Crippen LogP) is 3.64. The van der Waals surface area contributed by atoms with Crippen LogP contribution in [0.1, 0.15) is 43.7 Å². The second-order valence-corrected chi connectivity index (χ2v) is 9.57. The smallest absolute Gasteiger partial charge is 0.407 e. The Morgan fingerprint density at radius 2 is 1.71 bits per heavy atom. The van der Waals surface area contributed by atoms with Crippen LogP contribution in [0.5, 0.6) is 0 Å². The molecule has 2 N–H and O–H groups in total. The summed E-state index contributed by atoms with van der Waals surface area (Å²) in [4.78, 5) is 39.0. The molecular weight excluding hydrogens is 448 g/mol. The van der Waals surface area contributed by atoms with Crippen LogP contribution < -0.4 is 5.32 Å². The van der Waals surface area contributed by atoms with Gasteiger partial charge in [-0.05, 0) is 35.6 Å². The number of alkyl carbamates (subject to hydrolysis) is 1. The molecule has 2 aliphatic rings. The Labute approximate surface area is 205 Å². The van der Waals surface area contributed by atoms with Crippen LogP contribution in [0.3, 0.4) is 0 Å². The van der Waals surface area contributed by atoms with Gasteiger partial charge >= 0.3 is 12.1 Å². The molecule has 2 atom stereocenters. The second kappa shape index (κ2) is 9.70. The Hall–Kier alpha value is -3.39. The van der Waals surface area contributed by atoms with Crippen molar-refractivity contribution in [2.75, 3.05) is 33.4 Å². The van der Waals surface area contributed by atoms with Gasteiger partial charge in [-0.15, -0.1) is 0 Å². The summed E-state index contributed by atoms with van der Waals surface area (Å²) in [5, 5.41) is 12.3. The summed E-state index contributed by atoms with van der Waals surface area (Å²) < 4.78 is 10.8. The van der Waals surface area contributed by atoms with Gasteiger partial charge in [-0.1, -0.05) is 55.5 Å². The van der Waals surface area contributed by atoms with Crippen molar-refractivity contribution in [2.24, 2.45) is 5.41 Å². The summed E-state index contributed by atoms with van der Waals surface area (Å²) in [6.07, 6.45) is 0.112. The number of carboxylic acids is 1. The maximum Gasteiger partial charge on any atom is 0.407 e. The Kier molecular flexibility index (Phi) is 6.85. The zero-order valence-electron chi connectivity index (χ0n) is 20.4. The SMILES string of the molecule is CCC(C)(CNC(=O)OCC1c2ccccc2-c2ccccc21)C(=O)N1CCC(OC)(C(=O)O)C1. The number of nitrogens with zero attached hydrogens (tertiary/aromatic N) is 1. The van der Waals surface area contributed by atoms with E-state index in [1.54, 1.807) is 6.92 Å². The highest BCUT2D eigenvalue weighted by Crippen LogP contribution is 2.44. The maximum absolute atomic E-state index is 13.3. The van der Waals surface area contributed by atoms with Gasteiger partial charge in [-0.2, -0.15) is 0 Å². The highest BCUT2D eigenvalue weighted by atomic mass is 16.5. The van der Waals surface area contributed by atoms with E-state index in [2.05, 4.69) is 29.6 Å². The first kappa shape index (κ1) is 24.7. The molecular formula is C27H32N2O6. The van der Waals surface area contributed by atoms with Crippen LogP contribution in [0.15, 0.2) is 48.5 Å². The van der Waals surface area contributed by atoms with Crippen LogP contribution >= 0.6 is 0 Å². The quantitative estimate of drug-likeness (QED) is 0.598. The number of carboxylic acid groups (broad SMARTS) is 1. The summed E-state index contributed by atoms with van der Waals surface area (Å²) in [5.41, 5.74) is 2.28. The number of fused-ring (bicyclic) bond motifs is 3. The molecule has 0 aromatic heterocycles. The molecule has 35 heavy (non-hydrogen) atoms. The van der Waals surface area contributed by atoms with Crippen molar-refractivity contribution in [3.63, 3.8) is 0 Å². The number of likely N-dealkylation sites (tertiary alicyclic amines) is 1. The molecule has 8 heteroatoms. The van der Waals surface area contributed by atoms with Crippen molar-refractivity contribution in [3.05, 3.63) is 59.7 Å². The average Bonchev–Trinajstić information content (AvgIpc) is 3.46. The van der Waals surface area contributed by atoms with Gasteiger partial charge in [-0.25, -0.2) is 9.59 Å². The number of benzene rings is 2. The molecule has 0 radical (unpaired) electrons. The summed E-state index contributed by atoms with van der Waals surface area (Å²) in [6, 6.07) is 16.2. The molecule has 2 amide bonds. The molecule has 2 unspecified atom stereocenters. The minimum Gasteiger partial charge on any atom is -0.479 e. The monoisotopic (exact) mass is 480 g/mol. The highest BCUT2D eigenvalue weighted by molar-refractivity contribution is 5.86. The molecule has 2 aromatic rings. The van der Waals surface area contributed by atoms with Gasteiger partial charge in [0.05, 0.1) is 12.0 Å². The van der Waals surface area contributed by atoms with Crippen molar-refractivity contribution in [2.45, 2.75) is 38.2 Å². The van der Waals surface area contributed by atoms with Crippen LogP contribution in [0.4, 0.5) is 4.79 Å². The third-order valence-corrected chi connectivity index (χ3v) is 7.56. The van der Waals surface area contributed by atoms with Crippen LogP contribution in [0.25, 0.3) is 11.1 Å². The van der Waals surface area contributed by atoms with E-state index in [1.165, 1.54) is 12.0 Å². The minimum atomic E-state index is -1.38. The van der Waals surface area contributed by atoms with Gasteiger partial charge in [-0.3, -0.25) is 4.79 Å². The Morgan fingerprint density at radius 3 is 2.23 bits per heavy atom. The molecule has 0 bridgehead atoms. The van der Waals surface area contributed by atoms with Gasteiger partial charge < -0.3 is 24.8 Å². The van der Waals surface area contributed by atoms with E-state index in [-0.39, 0.29) is 37.9 Å². The lowest BCUT2D eigenvalue weighted by Gasteiger charge is -2.32. The molecule has 4 rings (SSSR count). The molecule has 186 valence electrons. The summed E-state index contributed by atoms with van der Waals surface area (Å²) in [6.45, 7) is 4.19. The van der Waals surface area contributed by atoms with Gasteiger partial charge in [0.15, 0.2) is 5.60 Å². The van der Waals surface area contributed by atoms with Gasteiger partial charge in [0, 0.05) is 32.5 Å². The Morgan fingerprint density at radius 1 is 1.11 bits per heavy atom. The van der Waals surface area contributed by atoms with Crippen LogP contribution in [-0.4, -0.2) is 66.9 Å². The number of carbonyl (C=O) groups is 3. The van der Waals surface area contributed by atoms with E-state index in [1.807, 2.05) is 31.2 Å². The average molecular weight is 481 g/mol. The standard InChI is InChI=1S/C27H32N2O6/c1-4-26(2,23(30)29-14-13-27(17-29,34-3)24(31)32)16-28-25(33)35-15-22-20-11-7-5-9-18(20)19-10-6-8-12-21(19)22/h5-12,22H,4,13-17H2,1-3H3,(H,28,33)(H,31,32).